The molecule has 0 aromatic heterocycles. The Hall–Kier alpha value is -1.75. The number of amides is 1. The van der Waals surface area contributed by atoms with Gasteiger partial charge in [-0.3, -0.25) is 4.79 Å². The van der Waals surface area contributed by atoms with E-state index in [9.17, 15) is 4.79 Å². The lowest BCUT2D eigenvalue weighted by molar-refractivity contribution is -0.124. The Morgan fingerprint density at radius 1 is 1.50 bits per heavy atom. The van der Waals surface area contributed by atoms with Crippen LogP contribution in [0.25, 0.3) is 0 Å². The third kappa shape index (κ3) is 4.37. The van der Waals surface area contributed by atoms with Gasteiger partial charge in [0.05, 0.1) is 7.11 Å². The highest BCUT2D eigenvalue weighted by Crippen LogP contribution is 2.26. The predicted octanol–water partition coefficient (Wildman–Crippen LogP) is 1.49. The lowest BCUT2D eigenvalue weighted by atomic mass is 10.1. The molecule has 0 spiro atoms. The molecule has 5 nitrogen and oxygen atoms in total. The van der Waals surface area contributed by atoms with Crippen molar-refractivity contribution in [2.75, 3.05) is 45.2 Å². The Bertz CT molecular complexity index is 493. The quantitative estimate of drug-likeness (QED) is 0.801. The fourth-order valence-electron chi connectivity index (χ4n) is 2.86. The number of anilines is 1. The average Bonchev–Trinajstić information content (AvgIpc) is 3.02. The standard InChI is InChI=1S/C17H27N3O2/c1-13(10-18-2)17(21)19-11-14-7-8-20(12-14)15-5-4-6-16(9-15)22-3/h4-6,9,13-14,18H,7-8,10-12H2,1-3H3,(H,19,21). The third-order valence-electron chi connectivity index (χ3n) is 4.23. The zero-order valence-corrected chi connectivity index (χ0v) is 13.8. The van der Waals surface area contributed by atoms with Crippen LogP contribution in [-0.2, 0) is 4.79 Å². The van der Waals surface area contributed by atoms with Gasteiger partial charge in [-0.25, -0.2) is 0 Å². The summed E-state index contributed by atoms with van der Waals surface area (Å²) in [5.74, 6) is 1.54. The fraction of sp³-hybridized carbons (Fsp3) is 0.588. The van der Waals surface area contributed by atoms with Gasteiger partial charge in [0.25, 0.3) is 0 Å². The Labute approximate surface area is 133 Å². The molecule has 1 fully saturated rings. The highest BCUT2D eigenvalue weighted by molar-refractivity contribution is 5.78. The number of carbonyl (C=O) groups excluding carboxylic acids is 1. The van der Waals surface area contributed by atoms with Crippen LogP contribution in [0.3, 0.4) is 0 Å². The molecule has 1 aromatic carbocycles. The summed E-state index contributed by atoms with van der Waals surface area (Å²) in [6.07, 6.45) is 1.11. The van der Waals surface area contributed by atoms with Gasteiger partial charge in [-0.15, -0.1) is 0 Å². The first kappa shape index (κ1) is 16.6. The van der Waals surface area contributed by atoms with Crippen molar-refractivity contribution in [3.8, 4) is 5.75 Å². The van der Waals surface area contributed by atoms with E-state index in [1.807, 2.05) is 26.1 Å². The Morgan fingerprint density at radius 3 is 3.05 bits per heavy atom. The van der Waals surface area contributed by atoms with Crippen LogP contribution in [0.15, 0.2) is 24.3 Å². The molecular weight excluding hydrogens is 278 g/mol. The highest BCUT2D eigenvalue weighted by atomic mass is 16.5. The maximum Gasteiger partial charge on any atom is 0.224 e. The third-order valence-corrected chi connectivity index (χ3v) is 4.23. The van der Waals surface area contributed by atoms with E-state index < -0.39 is 0 Å². The summed E-state index contributed by atoms with van der Waals surface area (Å²) in [5.41, 5.74) is 1.19. The number of methoxy groups -OCH3 is 1. The predicted molar refractivity (Wildman–Crippen MR) is 89.4 cm³/mol. The SMILES string of the molecule is CNCC(C)C(=O)NCC1CCN(c2cccc(OC)c2)C1. The molecule has 2 unspecified atom stereocenters. The Kier molecular flexibility index (Phi) is 6.07. The van der Waals surface area contributed by atoms with Crippen molar-refractivity contribution in [1.82, 2.24) is 10.6 Å². The summed E-state index contributed by atoms with van der Waals surface area (Å²) in [6.45, 7) is 5.43. The van der Waals surface area contributed by atoms with Gasteiger partial charge in [0.15, 0.2) is 0 Å². The number of ether oxygens (including phenoxy) is 1. The molecule has 0 bridgehead atoms. The number of hydrogen-bond acceptors (Lipinski definition) is 4. The van der Waals surface area contributed by atoms with Gasteiger partial charge >= 0.3 is 0 Å². The van der Waals surface area contributed by atoms with Crippen LogP contribution in [0.5, 0.6) is 5.75 Å². The molecule has 1 saturated heterocycles. The molecule has 122 valence electrons. The normalized spacial score (nSPS) is 19.0. The number of rotatable bonds is 7. The minimum atomic E-state index is 0.0147. The second-order valence-electron chi connectivity index (χ2n) is 6.01. The molecule has 2 rings (SSSR count). The zero-order chi connectivity index (χ0) is 15.9. The molecule has 1 amide bonds. The Balaban J connectivity index is 1.81. The van der Waals surface area contributed by atoms with E-state index in [4.69, 9.17) is 4.74 Å². The number of benzene rings is 1. The molecule has 0 radical (unpaired) electrons. The van der Waals surface area contributed by atoms with Crippen molar-refractivity contribution in [3.05, 3.63) is 24.3 Å². The smallest absolute Gasteiger partial charge is 0.224 e. The minimum absolute atomic E-state index is 0.0147. The van der Waals surface area contributed by atoms with Gasteiger partial charge in [-0.2, -0.15) is 0 Å². The van der Waals surface area contributed by atoms with E-state index in [2.05, 4.69) is 27.7 Å². The van der Waals surface area contributed by atoms with Crippen LogP contribution in [0, 0.1) is 11.8 Å². The van der Waals surface area contributed by atoms with Gasteiger partial charge in [-0.1, -0.05) is 13.0 Å². The van der Waals surface area contributed by atoms with E-state index in [0.717, 1.165) is 31.8 Å². The summed E-state index contributed by atoms with van der Waals surface area (Å²) in [4.78, 5) is 14.3. The first-order valence-electron chi connectivity index (χ1n) is 7.95. The van der Waals surface area contributed by atoms with Crippen molar-refractivity contribution in [3.63, 3.8) is 0 Å². The highest BCUT2D eigenvalue weighted by Gasteiger charge is 2.24. The fourth-order valence-corrected chi connectivity index (χ4v) is 2.86. The van der Waals surface area contributed by atoms with Crippen LogP contribution in [0.4, 0.5) is 5.69 Å². The monoisotopic (exact) mass is 305 g/mol. The van der Waals surface area contributed by atoms with Crippen molar-refractivity contribution in [1.29, 1.82) is 0 Å². The Morgan fingerprint density at radius 2 is 2.32 bits per heavy atom. The lowest BCUT2D eigenvalue weighted by Crippen LogP contribution is -2.37. The average molecular weight is 305 g/mol. The van der Waals surface area contributed by atoms with Crippen LogP contribution in [-0.4, -0.2) is 46.2 Å². The summed E-state index contributed by atoms with van der Waals surface area (Å²) >= 11 is 0. The number of carbonyl (C=O) groups is 1. The molecule has 22 heavy (non-hydrogen) atoms. The molecule has 1 aromatic rings. The molecular formula is C17H27N3O2. The van der Waals surface area contributed by atoms with Crippen molar-refractivity contribution >= 4 is 11.6 Å². The van der Waals surface area contributed by atoms with E-state index in [1.54, 1.807) is 7.11 Å². The van der Waals surface area contributed by atoms with Gasteiger partial charge in [-0.05, 0) is 31.5 Å². The number of hydrogen-bond donors (Lipinski definition) is 2. The summed E-state index contributed by atoms with van der Waals surface area (Å²) in [6, 6.07) is 8.15. The van der Waals surface area contributed by atoms with Crippen molar-refractivity contribution in [2.24, 2.45) is 11.8 Å². The lowest BCUT2D eigenvalue weighted by Gasteiger charge is -2.20. The van der Waals surface area contributed by atoms with Gasteiger partial charge in [0, 0.05) is 43.9 Å². The molecule has 2 atom stereocenters. The van der Waals surface area contributed by atoms with Crippen LogP contribution in [0.2, 0.25) is 0 Å². The second-order valence-corrected chi connectivity index (χ2v) is 6.01. The van der Waals surface area contributed by atoms with Gasteiger partial charge in [0.2, 0.25) is 5.91 Å². The zero-order valence-electron chi connectivity index (χ0n) is 13.8. The first-order valence-corrected chi connectivity index (χ1v) is 7.95. The molecule has 1 aliphatic rings. The molecule has 5 heteroatoms. The molecule has 1 heterocycles. The van der Waals surface area contributed by atoms with Gasteiger partial charge < -0.3 is 20.3 Å². The number of nitrogens with zero attached hydrogens (tertiary/aromatic N) is 1. The van der Waals surface area contributed by atoms with Gasteiger partial charge in [0.1, 0.15) is 5.75 Å². The van der Waals surface area contributed by atoms with E-state index in [-0.39, 0.29) is 11.8 Å². The van der Waals surface area contributed by atoms with Crippen molar-refractivity contribution in [2.45, 2.75) is 13.3 Å². The largest absolute Gasteiger partial charge is 0.497 e. The summed E-state index contributed by atoms with van der Waals surface area (Å²) in [5, 5.41) is 6.11. The molecule has 0 aliphatic carbocycles. The number of nitrogens with one attached hydrogen (secondary N) is 2. The second kappa shape index (κ2) is 8.03. The van der Waals surface area contributed by atoms with Crippen molar-refractivity contribution < 1.29 is 9.53 Å². The minimum Gasteiger partial charge on any atom is -0.497 e. The van der Waals surface area contributed by atoms with E-state index >= 15 is 0 Å². The van der Waals surface area contributed by atoms with E-state index in [0.29, 0.717) is 12.5 Å². The maximum absolute atomic E-state index is 11.9. The van der Waals surface area contributed by atoms with Crippen LogP contribution < -0.4 is 20.3 Å². The summed E-state index contributed by atoms with van der Waals surface area (Å²) in [7, 11) is 3.56. The summed E-state index contributed by atoms with van der Waals surface area (Å²) < 4.78 is 5.28. The van der Waals surface area contributed by atoms with E-state index in [1.165, 1.54) is 5.69 Å². The molecule has 2 N–H and O–H groups in total. The molecule has 0 saturated carbocycles. The molecule has 1 aliphatic heterocycles. The maximum atomic E-state index is 11.9. The van der Waals surface area contributed by atoms with Crippen LogP contribution in [0.1, 0.15) is 13.3 Å². The topological polar surface area (TPSA) is 53.6 Å². The first-order chi connectivity index (χ1) is 10.6. The van der Waals surface area contributed by atoms with Crippen LogP contribution >= 0.6 is 0 Å².